The van der Waals surface area contributed by atoms with Crippen LogP contribution in [-0.2, 0) is 6.42 Å². The molecule has 0 radical (unpaired) electrons. The molecule has 0 aliphatic heterocycles. The number of nitrogens with zero attached hydrogens (tertiary/aromatic N) is 1. The Morgan fingerprint density at radius 1 is 1.06 bits per heavy atom. The lowest BCUT2D eigenvalue weighted by Gasteiger charge is -1.90. The number of non-ortho nitro benzene ring substituents is 1. The van der Waals surface area contributed by atoms with E-state index in [1.165, 1.54) is 11.6 Å². The summed E-state index contributed by atoms with van der Waals surface area (Å²) in [6, 6.07) is 17.0. The summed E-state index contributed by atoms with van der Waals surface area (Å²) in [6.07, 6.45) is 1.14. The molecule has 3 heteroatoms. The van der Waals surface area contributed by atoms with Gasteiger partial charge in [0.2, 0.25) is 0 Å². The topological polar surface area (TPSA) is 43.1 Å². The molecule has 0 N–H and O–H groups in total. The second-order valence-corrected chi connectivity index (χ2v) is 3.94. The molecule has 0 amide bonds. The van der Waals surface area contributed by atoms with Gasteiger partial charge >= 0.3 is 0 Å². The van der Waals surface area contributed by atoms with Crippen molar-refractivity contribution in [2.75, 3.05) is 0 Å². The van der Waals surface area contributed by atoms with Gasteiger partial charge in [0.1, 0.15) is 0 Å². The lowest BCUT2D eigenvalue weighted by molar-refractivity contribution is -0.384. The second kappa shape index (κ2) is 7.22. The Kier molecular flexibility index (Phi) is 5.58. The third kappa shape index (κ3) is 4.78. The summed E-state index contributed by atoms with van der Waals surface area (Å²) in [5, 5.41) is 10.2. The zero-order chi connectivity index (χ0) is 13.4. The predicted molar refractivity (Wildman–Crippen MR) is 73.7 cm³/mol. The van der Waals surface area contributed by atoms with E-state index < -0.39 is 4.92 Å². The van der Waals surface area contributed by atoms with Crippen LogP contribution in [-0.4, -0.2) is 4.92 Å². The molecule has 0 bridgehead atoms. The van der Waals surface area contributed by atoms with Crippen molar-refractivity contribution >= 4 is 5.69 Å². The van der Waals surface area contributed by atoms with Crippen LogP contribution in [0, 0.1) is 17.0 Å². The summed E-state index contributed by atoms with van der Waals surface area (Å²) in [5.74, 6) is 0. The van der Waals surface area contributed by atoms with Crippen molar-refractivity contribution in [2.24, 2.45) is 0 Å². The van der Waals surface area contributed by atoms with E-state index in [1.807, 2.05) is 19.1 Å². The highest BCUT2D eigenvalue weighted by atomic mass is 16.6. The van der Waals surface area contributed by atoms with Gasteiger partial charge < -0.3 is 0 Å². The van der Waals surface area contributed by atoms with E-state index in [2.05, 4.69) is 31.2 Å². The van der Waals surface area contributed by atoms with Crippen molar-refractivity contribution < 1.29 is 4.92 Å². The number of hydrogen-bond acceptors (Lipinski definition) is 2. The molecule has 0 heterocycles. The minimum atomic E-state index is -0.396. The number of benzene rings is 2. The van der Waals surface area contributed by atoms with E-state index in [1.54, 1.807) is 12.1 Å². The normalized spacial score (nSPS) is 9.22. The zero-order valence-corrected chi connectivity index (χ0v) is 10.7. The van der Waals surface area contributed by atoms with Crippen LogP contribution >= 0.6 is 0 Å². The molecule has 0 unspecified atom stereocenters. The van der Waals surface area contributed by atoms with E-state index in [0.29, 0.717) is 0 Å². The van der Waals surface area contributed by atoms with Crippen LogP contribution in [0.15, 0.2) is 54.6 Å². The maximum atomic E-state index is 10.2. The molecular formula is C15H17NO2. The van der Waals surface area contributed by atoms with Gasteiger partial charge in [0.25, 0.3) is 5.69 Å². The number of rotatable bonds is 2. The first-order valence-corrected chi connectivity index (χ1v) is 5.88. The predicted octanol–water partition coefficient (Wildman–Crippen LogP) is 4.15. The highest BCUT2D eigenvalue weighted by Crippen LogP contribution is 2.11. The van der Waals surface area contributed by atoms with Crippen molar-refractivity contribution in [1.29, 1.82) is 0 Å². The molecule has 0 fully saturated rings. The first-order chi connectivity index (χ1) is 8.63. The quantitative estimate of drug-likeness (QED) is 0.587. The third-order valence-corrected chi connectivity index (χ3v) is 2.46. The average molecular weight is 243 g/mol. The lowest BCUT2D eigenvalue weighted by Crippen LogP contribution is -1.86. The fourth-order valence-electron chi connectivity index (χ4n) is 1.46. The van der Waals surface area contributed by atoms with Crippen LogP contribution in [0.2, 0.25) is 0 Å². The number of nitro groups is 1. The Morgan fingerprint density at radius 2 is 1.72 bits per heavy atom. The molecule has 2 aromatic carbocycles. The summed E-state index contributed by atoms with van der Waals surface area (Å²) in [4.78, 5) is 9.76. The Hall–Kier alpha value is -2.16. The van der Waals surface area contributed by atoms with Gasteiger partial charge in [0.05, 0.1) is 4.92 Å². The van der Waals surface area contributed by atoms with Crippen LogP contribution < -0.4 is 0 Å². The van der Waals surface area contributed by atoms with Crippen molar-refractivity contribution in [1.82, 2.24) is 0 Å². The molecule has 2 aromatic rings. The molecule has 0 aromatic heterocycles. The maximum absolute atomic E-state index is 10.2. The molecular weight excluding hydrogens is 226 g/mol. The molecule has 0 aliphatic rings. The van der Waals surface area contributed by atoms with Crippen molar-refractivity contribution in [2.45, 2.75) is 20.3 Å². The Bertz CT molecular complexity index is 495. The first kappa shape index (κ1) is 13.9. The second-order valence-electron chi connectivity index (χ2n) is 3.94. The van der Waals surface area contributed by atoms with Crippen LogP contribution in [0.5, 0.6) is 0 Å². The number of nitro benzene ring substituents is 1. The molecule has 3 nitrogen and oxygen atoms in total. The smallest absolute Gasteiger partial charge is 0.258 e. The minimum Gasteiger partial charge on any atom is -0.258 e. The fraction of sp³-hybridized carbons (Fsp3) is 0.200. The van der Waals surface area contributed by atoms with Gasteiger partial charge in [-0.3, -0.25) is 10.1 Å². The van der Waals surface area contributed by atoms with Gasteiger partial charge in [-0.1, -0.05) is 49.4 Å². The summed E-state index contributed by atoms with van der Waals surface area (Å²) >= 11 is 0. The molecule has 0 spiro atoms. The number of aryl methyl sites for hydroxylation is 2. The Labute approximate surface area is 107 Å². The molecule has 0 saturated carbocycles. The summed E-state index contributed by atoms with van der Waals surface area (Å²) in [6.45, 7) is 3.99. The summed E-state index contributed by atoms with van der Waals surface area (Å²) < 4.78 is 0. The van der Waals surface area contributed by atoms with Gasteiger partial charge in [0, 0.05) is 12.1 Å². The van der Waals surface area contributed by atoms with Crippen molar-refractivity contribution in [3.05, 3.63) is 75.8 Å². The molecule has 0 saturated heterocycles. The molecule has 0 aliphatic carbocycles. The van der Waals surface area contributed by atoms with Crippen molar-refractivity contribution in [3.8, 4) is 0 Å². The average Bonchev–Trinajstić information content (AvgIpc) is 2.40. The SMILES string of the molecule is CCc1ccccc1.Cc1cccc([N+](=O)[O-])c1. The van der Waals surface area contributed by atoms with Crippen LogP contribution in [0.1, 0.15) is 18.1 Å². The fourth-order valence-corrected chi connectivity index (χ4v) is 1.46. The molecule has 18 heavy (non-hydrogen) atoms. The standard InChI is InChI=1S/C8H10.C7H7NO2/c1-2-8-6-4-3-5-7-8;1-6-3-2-4-7(5-6)8(9)10/h3-7H,2H2,1H3;2-5H,1H3. The zero-order valence-electron chi connectivity index (χ0n) is 10.7. The Morgan fingerprint density at radius 3 is 2.11 bits per heavy atom. The largest absolute Gasteiger partial charge is 0.269 e. The van der Waals surface area contributed by atoms with Crippen LogP contribution in [0.4, 0.5) is 5.69 Å². The first-order valence-electron chi connectivity index (χ1n) is 5.88. The minimum absolute atomic E-state index is 0.153. The monoisotopic (exact) mass is 243 g/mol. The Balaban J connectivity index is 0.000000184. The molecule has 0 atom stereocenters. The third-order valence-electron chi connectivity index (χ3n) is 2.46. The maximum Gasteiger partial charge on any atom is 0.269 e. The molecule has 94 valence electrons. The van der Waals surface area contributed by atoms with E-state index in [0.717, 1.165) is 12.0 Å². The molecule has 2 rings (SSSR count). The van der Waals surface area contributed by atoms with Gasteiger partial charge in [-0.15, -0.1) is 0 Å². The van der Waals surface area contributed by atoms with Crippen molar-refractivity contribution in [3.63, 3.8) is 0 Å². The van der Waals surface area contributed by atoms with E-state index >= 15 is 0 Å². The lowest BCUT2D eigenvalue weighted by atomic mass is 10.2. The number of hydrogen-bond donors (Lipinski definition) is 0. The van der Waals surface area contributed by atoms with Crippen LogP contribution in [0.25, 0.3) is 0 Å². The van der Waals surface area contributed by atoms with E-state index in [4.69, 9.17) is 0 Å². The van der Waals surface area contributed by atoms with Gasteiger partial charge in [0.15, 0.2) is 0 Å². The van der Waals surface area contributed by atoms with Gasteiger partial charge in [-0.05, 0) is 24.5 Å². The van der Waals surface area contributed by atoms with Gasteiger partial charge in [-0.25, -0.2) is 0 Å². The van der Waals surface area contributed by atoms with Crippen LogP contribution in [0.3, 0.4) is 0 Å². The highest BCUT2D eigenvalue weighted by Gasteiger charge is 2.01. The summed E-state index contributed by atoms with van der Waals surface area (Å²) in [5.41, 5.74) is 2.47. The van der Waals surface area contributed by atoms with E-state index in [9.17, 15) is 10.1 Å². The highest BCUT2D eigenvalue weighted by molar-refractivity contribution is 5.33. The summed E-state index contributed by atoms with van der Waals surface area (Å²) in [7, 11) is 0. The van der Waals surface area contributed by atoms with E-state index in [-0.39, 0.29) is 5.69 Å². The van der Waals surface area contributed by atoms with Gasteiger partial charge in [-0.2, -0.15) is 0 Å².